The van der Waals surface area contributed by atoms with E-state index in [1.165, 1.54) is 0 Å². The van der Waals surface area contributed by atoms with Crippen LogP contribution in [-0.2, 0) is 18.3 Å². The minimum absolute atomic E-state index is 0.0565. The van der Waals surface area contributed by atoms with E-state index in [9.17, 15) is 4.79 Å². The van der Waals surface area contributed by atoms with E-state index in [1.54, 1.807) is 0 Å². The first kappa shape index (κ1) is 12.1. The third kappa shape index (κ3) is 2.66. The van der Waals surface area contributed by atoms with E-state index in [1.807, 2.05) is 18.7 Å². The van der Waals surface area contributed by atoms with Gasteiger partial charge in [0.05, 0.1) is 11.6 Å². The number of nitrogens with zero attached hydrogens (tertiary/aromatic N) is 2. The van der Waals surface area contributed by atoms with E-state index in [0.29, 0.717) is 0 Å². The number of primary amides is 1. The van der Waals surface area contributed by atoms with Gasteiger partial charge in [0.25, 0.3) is 0 Å². The van der Waals surface area contributed by atoms with Gasteiger partial charge in [0.2, 0.25) is 5.91 Å². The maximum absolute atomic E-state index is 11.4. The zero-order valence-electron chi connectivity index (χ0n) is 10.4. The highest BCUT2D eigenvalue weighted by Gasteiger charge is 2.29. The summed E-state index contributed by atoms with van der Waals surface area (Å²) in [5.41, 5.74) is 7.61. The number of carbonyl (C=O) groups is 1. The molecule has 2 unspecified atom stereocenters. The predicted octanol–water partition coefficient (Wildman–Crippen LogP) is 0.125. The van der Waals surface area contributed by atoms with Crippen LogP contribution >= 0.6 is 0 Å². The molecule has 94 valence electrons. The van der Waals surface area contributed by atoms with Crippen LogP contribution in [0, 0.1) is 12.8 Å². The first-order valence-electron chi connectivity index (χ1n) is 6.10. The predicted molar refractivity (Wildman–Crippen MR) is 65.4 cm³/mol. The number of nitrogens with two attached hydrogens (primary N) is 1. The standard InChI is InChI=1S/C12H20N4O/c1-8-6-9(16(2)15-8)7-11-10(12(13)17)4-3-5-14-11/h6,10-11,14H,3-5,7H2,1-2H3,(H2,13,17). The highest BCUT2D eigenvalue weighted by atomic mass is 16.1. The molecule has 0 spiro atoms. The van der Waals surface area contributed by atoms with E-state index in [0.717, 1.165) is 37.2 Å². The van der Waals surface area contributed by atoms with E-state index < -0.39 is 0 Å². The summed E-state index contributed by atoms with van der Waals surface area (Å²) < 4.78 is 1.88. The number of piperidine rings is 1. The molecular weight excluding hydrogens is 216 g/mol. The van der Waals surface area contributed by atoms with E-state index in [2.05, 4.69) is 16.5 Å². The Hall–Kier alpha value is -1.36. The van der Waals surface area contributed by atoms with Crippen LogP contribution in [0.5, 0.6) is 0 Å². The first-order chi connectivity index (χ1) is 8.08. The molecule has 1 aromatic rings. The summed E-state index contributed by atoms with van der Waals surface area (Å²) in [7, 11) is 1.93. The number of nitrogens with one attached hydrogen (secondary N) is 1. The second-order valence-corrected chi connectivity index (χ2v) is 4.82. The average molecular weight is 236 g/mol. The van der Waals surface area contributed by atoms with Crippen LogP contribution in [0.3, 0.4) is 0 Å². The highest BCUT2D eigenvalue weighted by molar-refractivity contribution is 5.77. The molecule has 2 heterocycles. The van der Waals surface area contributed by atoms with Crippen molar-refractivity contribution in [1.82, 2.24) is 15.1 Å². The quantitative estimate of drug-likeness (QED) is 0.783. The lowest BCUT2D eigenvalue weighted by Gasteiger charge is -2.30. The minimum atomic E-state index is -0.193. The van der Waals surface area contributed by atoms with Gasteiger partial charge in [0, 0.05) is 25.2 Å². The van der Waals surface area contributed by atoms with Crippen LogP contribution in [0.4, 0.5) is 0 Å². The van der Waals surface area contributed by atoms with Crippen molar-refractivity contribution in [3.8, 4) is 0 Å². The molecule has 5 heteroatoms. The van der Waals surface area contributed by atoms with Crippen LogP contribution in [-0.4, -0.2) is 28.3 Å². The van der Waals surface area contributed by atoms with Crippen molar-refractivity contribution in [3.63, 3.8) is 0 Å². The Labute approximate surface area is 101 Å². The maximum Gasteiger partial charge on any atom is 0.222 e. The minimum Gasteiger partial charge on any atom is -0.369 e. The molecule has 0 saturated carbocycles. The van der Waals surface area contributed by atoms with Crippen LogP contribution in [0.1, 0.15) is 24.2 Å². The number of carbonyl (C=O) groups excluding carboxylic acids is 1. The summed E-state index contributed by atoms with van der Waals surface area (Å²) >= 11 is 0. The van der Waals surface area contributed by atoms with Gasteiger partial charge < -0.3 is 11.1 Å². The molecule has 2 atom stereocenters. The molecular formula is C12H20N4O. The van der Waals surface area contributed by atoms with E-state index in [-0.39, 0.29) is 17.9 Å². The molecule has 2 rings (SSSR count). The first-order valence-corrected chi connectivity index (χ1v) is 6.10. The average Bonchev–Trinajstić information content (AvgIpc) is 2.58. The van der Waals surface area contributed by atoms with Gasteiger partial charge in [-0.3, -0.25) is 9.48 Å². The molecule has 0 aromatic carbocycles. The van der Waals surface area contributed by atoms with Crippen molar-refractivity contribution in [2.75, 3.05) is 6.54 Å². The van der Waals surface area contributed by atoms with Gasteiger partial charge in [-0.2, -0.15) is 5.10 Å². The number of rotatable bonds is 3. The van der Waals surface area contributed by atoms with Crippen LogP contribution in [0.25, 0.3) is 0 Å². The Morgan fingerprint density at radius 1 is 1.71 bits per heavy atom. The fourth-order valence-electron chi connectivity index (χ4n) is 2.59. The molecule has 1 fully saturated rings. The van der Waals surface area contributed by atoms with Gasteiger partial charge >= 0.3 is 0 Å². The van der Waals surface area contributed by atoms with Gasteiger partial charge in [0.15, 0.2) is 0 Å². The van der Waals surface area contributed by atoms with Gasteiger partial charge in [0.1, 0.15) is 0 Å². The molecule has 0 aliphatic carbocycles. The lowest BCUT2D eigenvalue weighted by molar-refractivity contribution is -0.123. The van der Waals surface area contributed by atoms with Crippen molar-refractivity contribution >= 4 is 5.91 Å². The van der Waals surface area contributed by atoms with E-state index in [4.69, 9.17) is 5.73 Å². The Bertz CT molecular complexity index is 413. The fraction of sp³-hybridized carbons (Fsp3) is 0.667. The molecule has 1 saturated heterocycles. The highest BCUT2D eigenvalue weighted by Crippen LogP contribution is 2.19. The normalized spacial score (nSPS) is 24.8. The van der Waals surface area contributed by atoms with Crippen molar-refractivity contribution in [2.24, 2.45) is 18.7 Å². The fourth-order valence-corrected chi connectivity index (χ4v) is 2.59. The van der Waals surface area contributed by atoms with Crippen molar-refractivity contribution in [1.29, 1.82) is 0 Å². The molecule has 1 aliphatic heterocycles. The Kier molecular flexibility index (Phi) is 3.47. The lowest BCUT2D eigenvalue weighted by atomic mass is 9.87. The summed E-state index contributed by atoms with van der Waals surface area (Å²) in [6, 6.07) is 2.21. The van der Waals surface area contributed by atoms with Crippen molar-refractivity contribution in [2.45, 2.75) is 32.2 Å². The second-order valence-electron chi connectivity index (χ2n) is 4.82. The van der Waals surface area contributed by atoms with Crippen LogP contribution in [0.15, 0.2) is 6.07 Å². The third-order valence-electron chi connectivity index (χ3n) is 3.48. The Morgan fingerprint density at radius 3 is 3.06 bits per heavy atom. The molecule has 1 aliphatic rings. The van der Waals surface area contributed by atoms with Crippen molar-refractivity contribution < 1.29 is 4.79 Å². The summed E-state index contributed by atoms with van der Waals surface area (Å²) in [5, 5.41) is 7.71. The Morgan fingerprint density at radius 2 is 2.47 bits per heavy atom. The molecule has 17 heavy (non-hydrogen) atoms. The monoisotopic (exact) mass is 236 g/mol. The molecule has 0 radical (unpaired) electrons. The van der Waals surface area contributed by atoms with Gasteiger partial charge in [-0.05, 0) is 32.4 Å². The van der Waals surface area contributed by atoms with Gasteiger partial charge in [-0.1, -0.05) is 0 Å². The van der Waals surface area contributed by atoms with Crippen LogP contribution < -0.4 is 11.1 Å². The number of aromatic nitrogens is 2. The summed E-state index contributed by atoms with van der Waals surface area (Å²) in [6.07, 6.45) is 2.73. The third-order valence-corrected chi connectivity index (χ3v) is 3.48. The SMILES string of the molecule is Cc1cc(CC2NCCCC2C(N)=O)n(C)n1. The molecule has 1 aromatic heterocycles. The summed E-state index contributed by atoms with van der Waals surface area (Å²) in [5.74, 6) is -0.250. The zero-order valence-corrected chi connectivity index (χ0v) is 10.4. The van der Waals surface area contributed by atoms with Gasteiger partial charge in [-0.25, -0.2) is 0 Å². The topological polar surface area (TPSA) is 72.9 Å². The molecule has 5 nitrogen and oxygen atoms in total. The molecule has 0 bridgehead atoms. The molecule has 1 amide bonds. The number of hydrogen-bond acceptors (Lipinski definition) is 3. The van der Waals surface area contributed by atoms with Gasteiger partial charge in [-0.15, -0.1) is 0 Å². The lowest BCUT2D eigenvalue weighted by Crippen LogP contribution is -2.48. The summed E-state index contributed by atoms with van der Waals surface area (Å²) in [6.45, 7) is 2.94. The zero-order chi connectivity index (χ0) is 12.4. The maximum atomic E-state index is 11.4. The summed E-state index contributed by atoms with van der Waals surface area (Å²) in [4.78, 5) is 11.4. The number of hydrogen-bond donors (Lipinski definition) is 2. The smallest absolute Gasteiger partial charge is 0.222 e. The largest absolute Gasteiger partial charge is 0.369 e. The Balaban J connectivity index is 2.10. The van der Waals surface area contributed by atoms with E-state index >= 15 is 0 Å². The number of aryl methyl sites for hydroxylation is 2. The number of amides is 1. The van der Waals surface area contributed by atoms with Crippen LogP contribution in [0.2, 0.25) is 0 Å². The second kappa shape index (κ2) is 4.87. The molecule has 3 N–H and O–H groups in total. The van der Waals surface area contributed by atoms with Crippen molar-refractivity contribution in [3.05, 3.63) is 17.5 Å².